The number of piperidine rings is 1. The molecule has 98 valence electrons. The summed E-state index contributed by atoms with van der Waals surface area (Å²) in [6.45, 7) is 3.20. The molecule has 1 aliphatic rings. The van der Waals surface area contributed by atoms with Crippen LogP contribution in [0.2, 0.25) is 0 Å². The maximum Gasteiger partial charge on any atom is 0.251 e. The van der Waals surface area contributed by atoms with E-state index in [1.54, 1.807) is 18.3 Å². The minimum Gasteiger partial charge on any atom is -0.384 e. The molecule has 1 amide bonds. The summed E-state index contributed by atoms with van der Waals surface area (Å²) in [6, 6.07) is 4.04. The fourth-order valence-electron chi connectivity index (χ4n) is 2.28. The number of nitrogens with two attached hydrogens (primary N) is 1. The third kappa shape index (κ3) is 2.98. The SMILES string of the molecule is CC1CC(NC(=O)c2ccnc(N)c2)CCN1C. The molecule has 2 heterocycles. The van der Waals surface area contributed by atoms with Crippen molar-refractivity contribution in [1.29, 1.82) is 0 Å². The lowest BCUT2D eigenvalue weighted by Gasteiger charge is -2.35. The van der Waals surface area contributed by atoms with Crippen LogP contribution in [0.3, 0.4) is 0 Å². The zero-order chi connectivity index (χ0) is 13.1. The molecule has 0 radical (unpaired) electrons. The van der Waals surface area contributed by atoms with Gasteiger partial charge in [-0.15, -0.1) is 0 Å². The molecule has 18 heavy (non-hydrogen) atoms. The topological polar surface area (TPSA) is 71.2 Å². The van der Waals surface area contributed by atoms with E-state index < -0.39 is 0 Å². The second-order valence-electron chi connectivity index (χ2n) is 4.99. The van der Waals surface area contributed by atoms with Crippen LogP contribution in [0.15, 0.2) is 18.3 Å². The largest absolute Gasteiger partial charge is 0.384 e. The number of amides is 1. The van der Waals surface area contributed by atoms with E-state index in [9.17, 15) is 4.79 Å². The number of hydrogen-bond donors (Lipinski definition) is 2. The number of carbonyl (C=O) groups excluding carboxylic acids is 1. The molecule has 0 bridgehead atoms. The lowest BCUT2D eigenvalue weighted by Crippen LogP contribution is -2.47. The van der Waals surface area contributed by atoms with Crippen molar-refractivity contribution >= 4 is 11.7 Å². The van der Waals surface area contributed by atoms with E-state index in [2.05, 4.69) is 29.2 Å². The lowest BCUT2D eigenvalue weighted by atomic mass is 9.98. The highest BCUT2D eigenvalue weighted by molar-refractivity contribution is 5.94. The molecule has 1 aliphatic heterocycles. The number of nitrogen functional groups attached to an aromatic ring is 1. The Labute approximate surface area is 107 Å². The molecule has 2 atom stereocenters. The molecule has 0 aliphatic carbocycles. The first-order valence-electron chi connectivity index (χ1n) is 6.29. The first kappa shape index (κ1) is 12.8. The van der Waals surface area contributed by atoms with E-state index in [0.29, 0.717) is 17.4 Å². The molecule has 3 N–H and O–H groups in total. The van der Waals surface area contributed by atoms with E-state index in [0.717, 1.165) is 19.4 Å². The van der Waals surface area contributed by atoms with Crippen LogP contribution in [0.1, 0.15) is 30.1 Å². The second-order valence-corrected chi connectivity index (χ2v) is 4.99. The third-order valence-corrected chi connectivity index (χ3v) is 3.59. The Kier molecular flexibility index (Phi) is 3.81. The Morgan fingerprint density at radius 3 is 3.06 bits per heavy atom. The molecular weight excluding hydrogens is 228 g/mol. The van der Waals surface area contributed by atoms with Gasteiger partial charge in [0.2, 0.25) is 0 Å². The predicted molar refractivity (Wildman–Crippen MR) is 71.2 cm³/mol. The fraction of sp³-hybridized carbons (Fsp3) is 0.538. The van der Waals surface area contributed by atoms with Gasteiger partial charge >= 0.3 is 0 Å². The van der Waals surface area contributed by atoms with Gasteiger partial charge in [-0.3, -0.25) is 4.79 Å². The highest BCUT2D eigenvalue weighted by atomic mass is 16.1. The summed E-state index contributed by atoms with van der Waals surface area (Å²) >= 11 is 0. The number of pyridine rings is 1. The zero-order valence-electron chi connectivity index (χ0n) is 10.9. The Morgan fingerprint density at radius 1 is 1.61 bits per heavy atom. The van der Waals surface area contributed by atoms with Crippen molar-refractivity contribution in [2.24, 2.45) is 0 Å². The smallest absolute Gasteiger partial charge is 0.251 e. The predicted octanol–water partition coefficient (Wildman–Crippen LogP) is 0.876. The van der Waals surface area contributed by atoms with Crippen LogP contribution in [-0.4, -0.2) is 41.5 Å². The van der Waals surface area contributed by atoms with Gasteiger partial charge < -0.3 is 16.0 Å². The number of nitrogens with zero attached hydrogens (tertiary/aromatic N) is 2. The molecule has 0 saturated carbocycles. The highest BCUT2D eigenvalue weighted by Gasteiger charge is 2.24. The number of anilines is 1. The Balaban J connectivity index is 1.96. The minimum atomic E-state index is -0.0640. The van der Waals surface area contributed by atoms with Crippen molar-refractivity contribution in [2.45, 2.75) is 31.8 Å². The summed E-state index contributed by atoms with van der Waals surface area (Å²) in [5.41, 5.74) is 6.15. The van der Waals surface area contributed by atoms with E-state index >= 15 is 0 Å². The van der Waals surface area contributed by atoms with Crippen molar-refractivity contribution in [3.8, 4) is 0 Å². The summed E-state index contributed by atoms with van der Waals surface area (Å²) in [5.74, 6) is 0.310. The normalized spacial score (nSPS) is 24.8. The van der Waals surface area contributed by atoms with Gasteiger partial charge in [-0.1, -0.05) is 0 Å². The quantitative estimate of drug-likeness (QED) is 0.815. The van der Waals surface area contributed by atoms with Gasteiger partial charge in [-0.05, 0) is 38.9 Å². The number of likely N-dealkylation sites (tertiary alicyclic amines) is 1. The number of rotatable bonds is 2. The minimum absolute atomic E-state index is 0.0640. The molecular formula is C13H20N4O. The molecule has 1 fully saturated rings. The average molecular weight is 248 g/mol. The highest BCUT2D eigenvalue weighted by Crippen LogP contribution is 2.16. The molecule has 0 spiro atoms. The molecule has 1 saturated heterocycles. The van der Waals surface area contributed by atoms with Crippen LogP contribution in [0.25, 0.3) is 0 Å². The van der Waals surface area contributed by atoms with Crippen molar-refractivity contribution in [3.05, 3.63) is 23.9 Å². The maximum atomic E-state index is 12.0. The van der Waals surface area contributed by atoms with Gasteiger partial charge in [0.05, 0.1) is 0 Å². The van der Waals surface area contributed by atoms with Crippen LogP contribution >= 0.6 is 0 Å². The second kappa shape index (κ2) is 5.35. The van der Waals surface area contributed by atoms with E-state index in [-0.39, 0.29) is 11.9 Å². The third-order valence-electron chi connectivity index (χ3n) is 3.59. The van der Waals surface area contributed by atoms with Gasteiger partial charge in [-0.25, -0.2) is 4.98 Å². The number of carbonyl (C=O) groups is 1. The molecule has 2 unspecified atom stereocenters. The average Bonchev–Trinajstić information content (AvgIpc) is 2.34. The van der Waals surface area contributed by atoms with Crippen molar-refractivity contribution in [3.63, 3.8) is 0 Å². The van der Waals surface area contributed by atoms with Gasteiger partial charge in [0.25, 0.3) is 5.91 Å². The molecule has 2 rings (SSSR count). The molecule has 1 aromatic rings. The van der Waals surface area contributed by atoms with Gasteiger partial charge in [0.15, 0.2) is 0 Å². The van der Waals surface area contributed by atoms with Crippen LogP contribution in [0.5, 0.6) is 0 Å². The van der Waals surface area contributed by atoms with Crippen LogP contribution in [0.4, 0.5) is 5.82 Å². The van der Waals surface area contributed by atoms with Crippen LogP contribution in [0, 0.1) is 0 Å². The molecule has 0 aromatic carbocycles. The number of aromatic nitrogens is 1. The summed E-state index contributed by atoms with van der Waals surface area (Å²) in [5, 5.41) is 3.06. The van der Waals surface area contributed by atoms with Gasteiger partial charge in [0, 0.05) is 30.4 Å². The number of nitrogens with one attached hydrogen (secondary N) is 1. The van der Waals surface area contributed by atoms with Gasteiger partial charge in [-0.2, -0.15) is 0 Å². The first-order chi connectivity index (χ1) is 8.56. The van der Waals surface area contributed by atoms with Crippen molar-refractivity contribution < 1.29 is 4.79 Å². The van der Waals surface area contributed by atoms with Crippen LogP contribution < -0.4 is 11.1 Å². The van der Waals surface area contributed by atoms with Crippen molar-refractivity contribution in [2.75, 3.05) is 19.3 Å². The Bertz CT molecular complexity index is 435. The van der Waals surface area contributed by atoms with Crippen molar-refractivity contribution in [1.82, 2.24) is 15.2 Å². The number of hydrogen-bond acceptors (Lipinski definition) is 4. The van der Waals surface area contributed by atoms with Crippen LogP contribution in [-0.2, 0) is 0 Å². The Hall–Kier alpha value is -1.62. The first-order valence-corrected chi connectivity index (χ1v) is 6.29. The molecule has 5 nitrogen and oxygen atoms in total. The molecule has 1 aromatic heterocycles. The van der Waals surface area contributed by atoms with Gasteiger partial charge in [0.1, 0.15) is 5.82 Å². The van der Waals surface area contributed by atoms with E-state index in [1.165, 1.54) is 0 Å². The summed E-state index contributed by atoms with van der Waals surface area (Å²) in [6.07, 6.45) is 3.54. The fourth-order valence-corrected chi connectivity index (χ4v) is 2.28. The summed E-state index contributed by atoms with van der Waals surface area (Å²) < 4.78 is 0. The van der Waals surface area contributed by atoms with E-state index in [4.69, 9.17) is 5.73 Å². The Morgan fingerprint density at radius 2 is 2.39 bits per heavy atom. The monoisotopic (exact) mass is 248 g/mol. The summed E-state index contributed by atoms with van der Waals surface area (Å²) in [4.78, 5) is 18.2. The summed E-state index contributed by atoms with van der Waals surface area (Å²) in [7, 11) is 2.12. The van der Waals surface area contributed by atoms with E-state index in [1.807, 2.05) is 0 Å². The lowest BCUT2D eigenvalue weighted by molar-refractivity contribution is 0.0896. The zero-order valence-corrected chi connectivity index (χ0v) is 10.9. The standard InChI is InChI=1S/C13H20N4O/c1-9-7-11(4-6-17(9)2)16-13(18)10-3-5-15-12(14)8-10/h3,5,8-9,11H,4,6-7H2,1-2H3,(H2,14,15)(H,16,18). The molecule has 5 heteroatoms. The maximum absolute atomic E-state index is 12.0.